The van der Waals surface area contributed by atoms with Crippen LogP contribution in [0.2, 0.25) is 0 Å². The molecule has 2 N–H and O–H groups in total. The van der Waals surface area contributed by atoms with Crippen molar-refractivity contribution < 1.29 is 0 Å². The maximum absolute atomic E-state index is 6.02. The molecule has 4 aromatic rings. The molecule has 1 atom stereocenters. The molecule has 0 saturated heterocycles. The van der Waals surface area contributed by atoms with E-state index in [1.807, 2.05) is 61.1 Å². The molecule has 1 unspecified atom stereocenters. The molecule has 0 radical (unpaired) electrons. The van der Waals surface area contributed by atoms with Gasteiger partial charge in [-0.05, 0) is 62.2 Å². The molecule has 0 saturated carbocycles. The van der Waals surface area contributed by atoms with E-state index in [2.05, 4.69) is 29.1 Å². The van der Waals surface area contributed by atoms with Gasteiger partial charge in [0.1, 0.15) is 0 Å². The summed E-state index contributed by atoms with van der Waals surface area (Å²) >= 11 is 0. The van der Waals surface area contributed by atoms with Gasteiger partial charge in [0.15, 0.2) is 5.82 Å². The number of hydrogen-bond acceptors (Lipinski definition) is 4. The van der Waals surface area contributed by atoms with Crippen molar-refractivity contribution in [2.75, 3.05) is 0 Å². The SMILES string of the molecule is CCc1cc(-c2cccc(C(C)N)n2)cc2c1cnn2-c1cccc(C)n1. The Morgan fingerprint density at radius 1 is 1.07 bits per heavy atom. The second-order valence-corrected chi connectivity index (χ2v) is 6.85. The Hall–Kier alpha value is -3.05. The zero-order valence-electron chi connectivity index (χ0n) is 15.8. The number of aromatic nitrogens is 4. The van der Waals surface area contributed by atoms with Gasteiger partial charge in [-0.3, -0.25) is 4.98 Å². The fraction of sp³-hybridized carbons (Fsp3) is 0.227. The molecule has 0 spiro atoms. The highest BCUT2D eigenvalue weighted by Crippen LogP contribution is 2.29. The summed E-state index contributed by atoms with van der Waals surface area (Å²) in [5.41, 5.74) is 12.1. The average molecular weight is 357 g/mol. The summed E-state index contributed by atoms with van der Waals surface area (Å²) in [6.45, 7) is 6.10. The third-order valence-electron chi connectivity index (χ3n) is 4.78. The van der Waals surface area contributed by atoms with E-state index in [0.717, 1.165) is 45.8 Å². The van der Waals surface area contributed by atoms with Crippen LogP contribution in [0.15, 0.2) is 54.7 Å². The van der Waals surface area contributed by atoms with E-state index in [1.54, 1.807) is 0 Å². The Morgan fingerprint density at radius 3 is 2.63 bits per heavy atom. The molecule has 3 aromatic heterocycles. The first-order chi connectivity index (χ1) is 13.1. The second kappa shape index (κ2) is 6.93. The minimum Gasteiger partial charge on any atom is -0.323 e. The third-order valence-corrected chi connectivity index (χ3v) is 4.78. The number of fused-ring (bicyclic) bond motifs is 1. The maximum Gasteiger partial charge on any atom is 0.154 e. The highest BCUT2D eigenvalue weighted by molar-refractivity contribution is 5.88. The molecular formula is C22H23N5. The van der Waals surface area contributed by atoms with Gasteiger partial charge in [0.05, 0.1) is 23.1 Å². The largest absolute Gasteiger partial charge is 0.323 e. The highest BCUT2D eigenvalue weighted by atomic mass is 15.3. The lowest BCUT2D eigenvalue weighted by Gasteiger charge is -2.10. The van der Waals surface area contributed by atoms with Gasteiger partial charge < -0.3 is 5.73 Å². The average Bonchev–Trinajstić information content (AvgIpc) is 3.11. The number of rotatable bonds is 4. The van der Waals surface area contributed by atoms with Crippen molar-refractivity contribution in [1.29, 1.82) is 0 Å². The summed E-state index contributed by atoms with van der Waals surface area (Å²) in [4.78, 5) is 9.38. The smallest absolute Gasteiger partial charge is 0.154 e. The van der Waals surface area contributed by atoms with Gasteiger partial charge in [-0.2, -0.15) is 5.10 Å². The molecular weight excluding hydrogens is 334 g/mol. The van der Waals surface area contributed by atoms with Crippen LogP contribution in [-0.4, -0.2) is 19.7 Å². The van der Waals surface area contributed by atoms with Crippen LogP contribution in [0.4, 0.5) is 0 Å². The van der Waals surface area contributed by atoms with E-state index in [4.69, 9.17) is 10.7 Å². The van der Waals surface area contributed by atoms with E-state index in [1.165, 1.54) is 5.56 Å². The number of hydrogen-bond donors (Lipinski definition) is 1. The zero-order chi connectivity index (χ0) is 19.0. The predicted molar refractivity (Wildman–Crippen MR) is 109 cm³/mol. The number of pyridine rings is 2. The van der Waals surface area contributed by atoms with E-state index in [-0.39, 0.29) is 6.04 Å². The van der Waals surface area contributed by atoms with Crippen LogP contribution in [-0.2, 0) is 6.42 Å². The van der Waals surface area contributed by atoms with Crippen molar-refractivity contribution >= 4 is 10.9 Å². The molecule has 5 nitrogen and oxygen atoms in total. The molecule has 0 aliphatic heterocycles. The van der Waals surface area contributed by atoms with Crippen LogP contribution in [0, 0.1) is 6.92 Å². The fourth-order valence-electron chi connectivity index (χ4n) is 3.33. The third kappa shape index (κ3) is 3.22. The monoisotopic (exact) mass is 357 g/mol. The summed E-state index contributed by atoms with van der Waals surface area (Å²) in [6, 6.07) is 16.2. The van der Waals surface area contributed by atoms with Gasteiger partial charge in [0.25, 0.3) is 0 Å². The molecule has 0 fully saturated rings. The van der Waals surface area contributed by atoms with Crippen molar-refractivity contribution in [3.8, 4) is 17.1 Å². The standard InChI is InChI=1S/C22H23N5/c1-4-16-11-17(20-9-6-8-19(26-20)15(3)23)12-21-18(16)13-24-27(21)22-10-5-7-14(2)25-22/h5-13,15H,4,23H2,1-3H3. The summed E-state index contributed by atoms with van der Waals surface area (Å²) < 4.78 is 1.90. The lowest BCUT2D eigenvalue weighted by Crippen LogP contribution is -2.07. The lowest BCUT2D eigenvalue weighted by molar-refractivity contribution is 0.782. The molecule has 1 aromatic carbocycles. The Bertz CT molecular complexity index is 1110. The number of nitrogens with zero attached hydrogens (tertiary/aromatic N) is 4. The molecule has 136 valence electrons. The summed E-state index contributed by atoms with van der Waals surface area (Å²) in [5, 5.41) is 5.76. The number of aryl methyl sites for hydroxylation is 2. The lowest BCUT2D eigenvalue weighted by atomic mass is 10.0. The molecule has 3 heterocycles. The summed E-state index contributed by atoms with van der Waals surface area (Å²) in [7, 11) is 0. The van der Waals surface area contributed by atoms with Crippen LogP contribution >= 0.6 is 0 Å². The van der Waals surface area contributed by atoms with E-state index >= 15 is 0 Å². The molecule has 0 aliphatic rings. The fourth-order valence-corrected chi connectivity index (χ4v) is 3.33. The number of nitrogens with two attached hydrogens (primary N) is 1. The predicted octanol–water partition coefficient (Wildman–Crippen LogP) is 4.37. The van der Waals surface area contributed by atoms with Crippen LogP contribution in [0.25, 0.3) is 28.0 Å². The van der Waals surface area contributed by atoms with Crippen molar-refractivity contribution in [1.82, 2.24) is 19.7 Å². The first-order valence-electron chi connectivity index (χ1n) is 9.24. The minimum absolute atomic E-state index is 0.0960. The topological polar surface area (TPSA) is 69.6 Å². The van der Waals surface area contributed by atoms with Crippen molar-refractivity contribution in [2.45, 2.75) is 33.2 Å². The molecule has 0 amide bonds. The molecule has 5 heteroatoms. The first-order valence-corrected chi connectivity index (χ1v) is 9.24. The van der Waals surface area contributed by atoms with E-state index < -0.39 is 0 Å². The Kier molecular flexibility index (Phi) is 4.46. The van der Waals surface area contributed by atoms with Gasteiger partial charge in [-0.15, -0.1) is 0 Å². The van der Waals surface area contributed by atoms with E-state index in [0.29, 0.717) is 0 Å². The van der Waals surface area contributed by atoms with Crippen LogP contribution in [0.1, 0.15) is 36.8 Å². The second-order valence-electron chi connectivity index (χ2n) is 6.85. The highest BCUT2D eigenvalue weighted by Gasteiger charge is 2.13. The van der Waals surface area contributed by atoms with Gasteiger partial charge in [0.2, 0.25) is 0 Å². The first kappa shape index (κ1) is 17.4. The molecule has 4 rings (SSSR count). The van der Waals surface area contributed by atoms with Crippen LogP contribution in [0.5, 0.6) is 0 Å². The van der Waals surface area contributed by atoms with Crippen molar-refractivity contribution in [3.05, 3.63) is 71.7 Å². The van der Waals surface area contributed by atoms with Crippen molar-refractivity contribution in [3.63, 3.8) is 0 Å². The Labute approximate surface area is 158 Å². The van der Waals surface area contributed by atoms with E-state index in [9.17, 15) is 0 Å². The quantitative estimate of drug-likeness (QED) is 0.589. The van der Waals surface area contributed by atoms with Crippen LogP contribution in [0.3, 0.4) is 0 Å². The number of benzene rings is 1. The van der Waals surface area contributed by atoms with Gasteiger partial charge in [-0.25, -0.2) is 9.67 Å². The van der Waals surface area contributed by atoms with Gasteiger partial charge in [0, 0.05) is 22.7 Å². The van der Waals surface area contributed by atoms with Crippen LogP contribution < -0.4 is 5.73 Å². The molecule has 27 heavy (non-hydrogen) atoms. The summed E-state index contributed by atoms with van der Waals surface area (Å²) in [6.07, 6.45) is 2.85. The molecule has 0 bridgehead atoms. The zero-order valence-corrected chi connectivity index (χ0v) is 15.8. The maximum atomic E-state index is 6.02. The minimum atomic E-state index is -0.0960. The van der Waals surface area contributed by atoms with Gasteiger partial charge in [-0.1, -0.05) is 19.1 Å². The Morgan fingerprint density at radius 2 is 1.89 bits per heavy atom. The normalized spacial score (nSPS) is 12.4. The molecule has 0 aliphatic carbocycles. The Balaban J connectivity index is 1.93. The summed E-state index contributed by atoms with van der Waals surface area (Å²) in [5.74, 6) is 0.821. The van der Waals surface area contributed by atoms with Crippen molar-refractivity contribution in [2.24, 2.45) is 5.73 Å². The van der Waals surface area contributed by atoms with Gasteiger partial charge >= 0.3 is 0 Å².